The van der Waals surface area contributed by atoms with Crippen molar-refractivity contribution in [1.29, 1.82) is 0 Å². The lowest BCUT2D eigenvalue weighted by Crippen LogP contribution is -1.98. The van der Waals surface area contributed by atoms with E-state index in [0.29, 0.717) is 12.1 Å². The molecule has 0 aliphatic heterocycles. The van der Waals surface area contributed by atoms with Crippen LogP contribution in [0.1, 0.15) is 12.0 Å². The molecule has 2 N–H and O–H groups in total. The molecule has 5 heteroatoms. The minimum absolute atomic E-state index is 0.427. The highest BCUT2D eigenvalue weighted by Gasteiger charge is 2.16. The van der Waals surface area contributed by atoms with Gasteiger partial charge in [-0.15, -0.1) is 0 Å². The summed E-state index contributed by atoms with van der Waals surface area (Å²) in [5.74, 6) is -2.23. The van der Waals surface area contributed by atoms with Gasteiger partial charge in [-0.05, 0) is 12.1 Å². The van der Waals surface area contributed by atoms with Crippen LogP contribution in [-0.4, -0.2) is 0 Å². The van der Waals surface area contributed by atoms with Crippen molar-refractivity contribution < 1.29 is 17.6 Å². The Morgan fingerprint density at radius 2 is 1.75 bits per heavy atom. The van der Waals surface area contributed by atoms with Crippen LogP contribution in [-0.2, 0) is 0 Å². The molecular weight excluding hydrogens is 174 g/mol. The van der Waals surface area contributed by atoms with E-state index in [4.69, 9.17) is 5.73 Å². The van der Waals surface area contributed by atoms with E-state index in [1.165, 1.54) is 0 Å². The van der Waals surface area contributed by atoms with Gasteiger partial charge in [0, 0.05) is 0 Å². The number of anilines is 1. The van der Waals surface area contributed by atoms with Crippen molar-refractivity contribution in [1.82, 2.24) is 0 Å². The zero-order chi connectivity index (χ0) is 9.30. The van der Waals surface area contributed by atoms with Crippen LogP contribution in [0.25, 0.3) is 0 Å². The second-order valence-electron chi connectivity index (χ2n) is 2.20. The monoisotopic (exact) mass is 179 g/mol. The van der Waals surface area contributed by atoms with Crippen LogP contribution in [0.5, 0.6) is 0 Å². The van der Waals surface area contributed by atoms with Gasteiger partial charge < -0.3 is 5.73 Å². The second kappa shape index (κ2) is 3.00. The van der Waals surface area contributed by atoms with Gasteiger partial charge in [0.1, 0.15) is 5.82 Å². The summed E-state index contributed by atoms with van der Waals surface area (Å²) in [6, 6.07) is 1.08. The van der Waals surface area contributed by atoms with E-state index in [9.17, 15) is 17.6 Å². The van der Waals surface area contributed by atoms with E-state index in [1.54, 1.807) is 0 Å². The third kappa shape index (κ3) is 1.49. The van der Waals surface area contributed by atoms with E-state index in [1.807, 2.05) is 0 Å². The molecule has 12 heavy (non-hydrogen) atoms. The van der Waals surface area contributed by atoms with Gasteiger partial charge in [-0.1, -0.05) is 0 Å². The molecule has 1 aromatic carbocycles. The normalized spacial score (nSPS) is 10.8. The molecule has 0 aliphatic carbocycles. The molecule has 66 valence electrons. The van der Waals surface area contributed by atoms with E-state index in [2.05, 4.69) is 0 Å². The van der Waals surface area contributed by atoms with Crippen LogP contribution in [0, 0.1) is 11.6 Å². The van der Waals surface area contributed by atoms with Gasteiger partial charge in [-0.3, -0.25) is 0 Å². The number of hydrogen-bond donors (Lipinski definition) is 1. The molecule has 0 aliphatic rings. The van der Waals surface area contributed by atoms with Crippen molar-refractivity contribution in [2.75, 3.05) is 5.73 Å². The Bertz CT molecular complexity index is 298. The molecule has 0 saturated carbocycles. The average molecular weight is 179 g/mol. The van der Waals surface area contributed by atoms with Gasteiger partial charge in [0.25, 0.3) is 6.43 Å². The fourth-order valence-corrected chi connectivity index (χ4v) is 0.791. The Kier molecular flexibility index (Phi) is 2.21. The van der Waals surface area contributed by atoms with Crippen molar-refractivity contribution in [2.45, 2.75) is 6.43 Å². The van der Waals surface area contributed by atoms with E-state index >= 15 is 0 Å². The van der Waals surface area contributed by atoms with Crippen LogP contribution in [0.4, 0.5) is 23.2 Å². The molecule has 0 radical (unpaired) electrons. The first-order valence-electron chi connectivity index (χ1n) is 3.05. The van der Waals surface area contributed by atoms with Crippen LogP contribution < -0.4 is 5.73 Å². The van der Waals surface area contributed by atoms with Gasteiger partial charge in [-0.25, -0.2) is 17.6 Å². The number of benzene rings is 1. The summed E-state index contributed by atoms with van der Waals surface area (Å²) in [7, 11) is 0. The van der Waals surface area contributed by atoms with Gasteiger partial charge in [0.15, 0.2) is 5.82 Å². The number of halogens is 4. The zero-order valence-electron chi connectivity index (χ0n) is 5.82. The predicted octanol–water partition coefficient (Wildman–Crippen LogP) is 2.48. The SMILES string of the molecule is Nc1cc(F)cc(C(F)F)c1F. The highest BCUT2D eigenvalue weighted by molar-refractivity contribution is 5.43. The van der Waals surface area contributed by atoms with Gasteiger partial charge in [0.2, 0.25) is 0 Å². The van der Waals surface area contributed by atoms with E-state index in [-0.39, 0.29) is 0 Å². The summed E-state index contributed by atoms with van der Waals surface area (Å²) < 4.78 is 48.9. The smallest absolute Gasteiger partial charge is 0.266 e. The summed E-state index contributed by atoms with van der Waals surface area (Å²) in [6.45, 7) is 0. The standard InChI is InChI=1S/C7H5F4N/c8-3-1-4(7(10)11)6(9)5(12)2-3/h1-2,7H,12H2. The first kappa shape index (κ1) is 8.83. The van der Waals surface area contributed by atoms with Crippen LogP contribution in [0.15, 0.2) is 12.1 Å². The second-order valence-corrected chi connectivity index (χ2v) is 2.20. The fraction of sp³-hybridized carbons (Fsp3) is 0.143. The molecule has 0 saturated heterocycles. The Balaban J connectivity index is 3.28. The lowest BCUT2D eigenvalue weighted by Gasteiger charge is -2.03. The summed E-state index contributed by atoms with van der Waals surface area (Å²) >= 11 is 0. The molecule has 0 aromatic heterocycles. The largest absolute Gasteiger partial charge is 0.396 e. The summed E-state index contributed by atoms with van der Waals surface area (Å²) in [4.78, 5) is 0. The summed E-state index contributed by atoms with van der Waals surface area (Å²) in [5.41, 5.74) is 3.30. The van der Waals surface area contributed by atoms with E-state index < -0.39 is 29.3 Å². The molecular formula is C7H5F4N. The number of nitrogens with two attached hydrogens (primary N) is 1. The Labute approximate surface area is 65.8 Å². The molecule has 0 bridgehead atoms. The number of alkyl halides is 2. The van der Waals surface area contributed by atoms with Gasteiger partial charge in [0.05, 0.1) is 11.3 Å². The first-order chi connectivity index (χ1) is 5.52. The maximum absolute atomic E-state index is 12.7. The summed E-state index contributed by atoms with van der Waals surface area (Å²) in [5, 5.41) is 0. The van der Waals surface area contributed by atoms with Crippen molar-refractivity contribution in [3.05, 3.63) is 29.3 Å². The third-order valence-corrected chi connectivity index (χ3v) is 1.33. The number of hydrogen-bond acceptors (Lipinski definition) is 1. The van der Waals surface area contributed by atoms with Gasteiger partial charge in [-0.2, -0.15) is 0 Å². The molecule has 0 spiro atoms. The average Bonchev–Trinajstić information content (AvgIpc) is 1.96. The van der Waals surface area contributed by atoms with Crippen molar-refractivity contribution in [3.63, 3.8) is 0 Å². The highest BCUT2D eigenvalue weighted by atomic mass is 19.3. The fourth-order valence-electron chi connectivity index (χ4n) is 0.791. The van der Waals surface area contributed by atoms with E-state index in [0.717, 1.165) is 0 Å². The molecule has 0 unspecified atom stereocenters. The number of nitrogen functional groups attached to an aromatic ring is 1. The molecule has 0 heterocycles. The Hall–Kier alpha value is -1.26. The number of rotatable bonds is 1. The van der Waals surface area contributed by atoms with Crippen molar-refractivity contribution >= 4 is 5.69 Å². The zero-order valence-corrected chi connectivity index (χ0v) is 5.82. The topological polar surface area (TPSA) is 26.0 Å². The molecule has 0 amide bonds. The third-order valence-electron chi connectivity index (χ3n) is 1.33. The molecule has 0 fully saturated rings. The van der Waals surface area contributed by atoms with Crippen LogP contribution in [0.3, 0.4) is 0 Å². The van der Waals surface area contributed by atoms with Crippen molar-refractivity contribution in [3.8, 4) is 0 Å². The quantitative estimate of drug-likeness (QED) is 0.520. The highest BCUT2D eigenvalue weighted by Crippen LogP contribution is 2.26. The first-order valence-corrected chi connectivity index (χ1v) is 3.05. The van der Waals surface area contributed by atoms with Gasteiger partial charge >= 0.3 is 0 Å². The lowest BCUT2D eigenvalue weighted by molar-refractivity contribution is 0.146. The lowest BCUT2D eigenvalue weighted by atomic mass is 10.2. The maximum Gasteiger partial charge on any atom is 0.266 e. The minimum Gasteiger partial charge on any atom is -0.396 e. The molecule has 0 atom stereocenters. The van der Waals surface area contributed by atoms with Crippen LogP contribution in [0.2, 0.25) is 0 Å². The Morgan fingerprint density at radius 3 is 2.25 bits per heavy atom. The van der Waals surface area contributed by atoms with Crippen LogP contribution >= 0.6 is 0 Å². The predicted molar refractivity (Wildman–Crippen MR) is 35.7 cm³/mol. The minimum atomic E-state index is -3.05. The molecule has 1 nitrogen and oxygen atoms in total. The Morgan fingerprint density at radius 1 is 1.17 bits per heavy atom. The summed E-state index contributed by atoms with van der Waals surface area (Å²) in [6.07, 6.45) is -3.05. The molecule has 1 rings (SSSR count). The maximum atomic E-state index is 12.7. The molecule has 1 aromatic rings. The van der Waals surface area contributed by atoms with Crippen molar-refractivity contribution in [2.24, 2.45) is 0 Å².